The van der Waals surface area contributed by atoms with Gasteiger partial charge in [0.2, 0.25) is 0 Å². The second-order valence-electron chi connectivity index (χ2n) is 4.34. The van der Waals surface area contributed by atoms with Crippen LogP contribution in [0.25, 0.3) is 5.65 Å². The van der Waals surface area contributed by atoms with E-state index in [1.165, 1.54) is 11.1 Å². The van der Waals surface area contributed by atoms with Gasteiger partial charge in [-0.1, -0.05) is 34.1 Å². The first-order valence-corrected chi connectivity index (χ1v) is 6.56. The summed E-state index contributed by atoms with van der Waals surface area (Å²) in [5.74, 6) is 0.850. The molecule has 0 unspecified atom stereocenters. The highest BCUT2D eigenvalue weighted by atomic mass is 79.9. The van der Waals surface area contributed by atoms with Gasteiger partial charge in [-0.15, -0.1) is 0 Å². The summed E-state index contributed by atoms with van der Waals surface area (Å²) in [6.45, 7) is 2.05. The third kappa shape index (κ3) is 2.29. The van der Waals surface area contributed by atoms with E-state index in [4.69, 9.17) is 0 Å². The average molecular weight is 302 g/mol. The summed E-state index contributed by atoms with van der Waals surface area (Å²) in [6.07, 6.45) is 2.75. The molecule has 0 atom stereocenters. The molecule has 0 aliphatic heterocycles. The molecule has 18 heavy (non-hydrogen) atoms. The zero-order valence-electron chi connectivity index (χ0n) is 9.97. The molecule has 1 aromatic carbocycles. The number of pyridine rings is 1. The van der Waals surface area contributed by atoms with Crippen LogP contribution in [-0.4, -0.2) is 14.6 Å². The van der Waals surface area contributed by atoms with Gasteiger partial charge >= 0.3 is 0 Å². The van der Waals surface area contributed by atoms with Gasteiger partial charge in [-0.25, -0.2) is 9.50 Å². The normalized spacial score (nSPS) is 11.0. The Hall–Kier alpha value is -1.68. The average Bonchev–Trinajstić information content (AvgIpc) is 2.73. The minimum atomic E-state index is 0.758. The van der Waals surface area contributed by atoms with Gasteiger partial charge in [-0.3, -0.25) is 0 Å². The fraction of sp³-hybridized carbons (Fsp3) is 0.143. The van der Waals surface area contributed by atoms with Gasteiger partial charge in [0.05, 0.1) is 0 Å². The monoisotopic (exact) mass is 301 g/mol. The van der Waals surface area contributed by atoms with E-state index < -0.39 is 0 Å². The van der Waals surface area contributed by atoms with Crippen LogP contribution in [0.2, 0.25) is 0 Å². The van der Waals surface area contributed by atoms with Crippen molar-refractivity contribution in [2.24, 2.45) is 0 Å². The molecule has 0 amide bonds. The van der Waals surface area contributed by atoms with E-state index >= 15 is 0 Å². The minimum absolute atomic E-state index is 0.758. The van der Waals surface area contributed by atoms with E-state index in [-0.39, 0.29) is 0 Å². The number of hydrogen-bond donors (Lipinski definition) is 0. The highest BCUT2D eigenvalue weighted by molar-refractivity contribution is 9.10. The number of aryl methyl sites for hydroxylation is 1. The van der Waals surface area contributed by atoms with E-state index in [9.17, 15) is 0 Å². The molecular formula is C14H12BrN3. The molecule has 3 aromatic rings. The fourth-order valence-corrected chi connectivity index (χ4v) is 2.16. The first-order valence-electron chi connectivity index (χ1n) is 5.77. The zero-order chi connectivity index (χ0) is 12.5. The lowest BCUT2D eigenvalue weighted by atomic mass is 10.1. The first-order chi connectivity index (χ1) is 8.70. The Morgan fingerprint density at radius 1 is 1.11 bits per heavy atom. The number of aromatic nitrogens is 3. The molecule has 90 valence electrons. The standard InChI is InChI=1S/C14H12BrN3/c1-10-2-7-14-16-13(17-18(14)9-10)8-11-3-5-12(15)6-4-11/h2-7,9H,8H2,1H3. The fourth-order valence-electron chi connectivity index (χ4n) is 1.89. The Morgan fingerprint density at radius 2 is 1.89 bits per heavy atom. The highest BCUT2D eigenvalue weighted by Crippen LogP contribution is 2.13. The van der Waals surface area contributed by atoms with Crippen LogP contribution in [0.1, 0.15) is 17.0 Å². The van der Waals surface area contributed by atoms with Crippen LogP contribution >= 0.6 is 15.9 Å². The largest absolute Gasteiger partial charge is 0.221 e. The van der Waals surface area contributed by atoms with Crippen molar-refractivity contribution >= 4 is 21.6 Å². The maximum Gasteiger partial charge on any atom is 0.156 e. The van der Waals surface area contributed by atoms with Crippen LogP contribution in [0.3, 0.4) is 0 Å². The summed E-state index contributed by atoms with van der Waals surface area (Å²) in [7, 11) is 0. The van der Waals surface area contributed by atoms with E-state index in [2.05, 4.69) is 45.1 Å². The number of hydrogen-bond acceptors (Lipinski definition) is 2. The van der Waals surface area contributed by atoms with Gasteiger partial charge in [0.1, 0.15) is 0 Å². The quantitative estimate of drug-likeness (QED) is 0.726. The zero-order valence-corrected chi connectivity index (χ0v) is 11.6. The molecule has 0 bridgehead atoms. The Balaban J connectivity index is 1.92. The summed E-state index contributed by atoms with van der Waals surface area (Å²) < 4.78 is 2.92. The second-order valence-corrected chi connectivity index (χ2v) is 5.26. The predicted molar refractivity (Wildman–Crippen MR) is 74.7 cm³/mol. The van der Waals surface area contributed by atoms with Crippen LogP contribution in [0.15, 0.2) is 47.1 Å². The first kappa shape index (κ1) is 11.4. The molecule has 4 heteroatoms. The number of fused-ring (bicyclic) bond motifs is 1. The maximum absolute atomic E-state index is 4.51. The summed E-state index contributed by atoms with van der Waals surface area (Å²) in [5.41, 5.74) is 3.29. The second kappa shape index (κ2) is 4.53. The molecule has 0 saturated heterocycles. The van der Waals surface area contributed by atoms with Crippen molar-refractivity contribution in [2.75, 3.05) is 0 Å². The molecule has 0 fully saturated rings. The van der Waals surface area contributed by atoms with Gasteiger partial charge < -0.3 is 0 Å². The SMILES string of the molecule is Cc1ccc2nc(Cc3ccc(Br)cc3)nn2c1. The van der Waals surface area contributed by atoms with Crippen molar-refractivity contribution in [1.29, 1.82) is 0 Å². The van der Waals surface area contributed by atoms with Crippen molar-refractivity contribution in [2.45, 2.75) is 13.3 Å². The minimum Gasteiger partial charge on any atom is -0.221 e. The molecule has 3 rings (SSSR count). The summed E-state index contributed by atoms with van der Waals surface area (Å²) in [4.78, 5) is 4.51. The molecular weight excluding hydrogens is 290 g/mol. The lowest BCUT2D eigenvalue weighted by Gasteiger charge is -1.96. The molecule has 0 spiro atoms. The number of rotatable bonds is 2. The van der Waals surface area contributed by atoms with E-state index in [1.54, 1.807) is 0 Å². The van der Waals surface area contributed by atoms with Crippen LogP contribution in [0.4, 0.5) is 0 Å². The maximum atomic E-state index is 4.51. The van der Waals surface area contributed by atoms with Crippen LogP contribution < -0.4 is 0 Å². The van der Waals surface area contributed by atoms with Crippen molar-refractivity contribution in [3.05, 3.63) is 64.0 Å². The summed E-state index contributed by atoms with van der Waals surface area (Å²) >= 11 is 3.43. The van der Waals surface area contributed by atoms with E-state index in [0.717, 1.165) is 22.4 Å². The van der Waals surface area contributed by atoms with Gasteiger partial charge in [-0.05, 0) is 36.2 Å². The van der Waals surface area contributed by atoms with Crippen molar-refractivity contribution in [1.82, 2.24) is 14.6 Å². The molecule has 0 radical (unpaired) electrons. The smallest absolute Gasteiger partial charge is 0.156 e. The van der Waals surface area contributed by atoms with E-state index in [0.29, 0.717) is 0 Å². The molecule has 0 saturated carbocycles. The van der Waals surface area contributed by atoms with Crippen molar-refractivity contribution in [3.63, 3.8) is 0 Å². The Kier molecular flexibility index (Phi) is 2.88. The topological polar surface area (TPSA) is 30.2 Å². The van der Waals surface area contributed by atoms with Crippen LogP contribution in [0, 0.1) is 6.92 Å². The Labute approximate surface area is 114 Å². The van der Waals surface area contributed by atoms with Crippen LogP contribution in [-0.2, 0) is 6.42 Å². The Bertz CT molecular complexity index is 686. The summed E-state index contributed by atoms with van der Waals surface area (Å²) in [5, 5.41) is 4.49. The lowest BCUT2D eigenvalue weighted by molar-refractivity contribution is 0.895. The number of benzene rings is 1. The van der Waals surface area contributed by atoms with Crippen molar-refractivity contribution < 1.29 is 0 Å². The molecule has 2 aromatic heterocycles. The van der Waals surface area contributed by atoms with Gasteiger partial charge in [0.25, 0.3) is 0 Å². The van der Waals surface area contributed by atoms with Crippen molar-refractivity contribution in [3.8, 4) is 0 Å². The third-order valence-corrected chi connectivity index (χ3v) is 3.33. The van der Waals surface area contributed by atoms with Gasteiger partial charge in [0, 0.05) is 17.1 Å². The highest BCUT2D eigenvalue weighted by Gasteiger charge is 2.04. The predicted octanol–water partition coefficient (Wildman–Crippen LogP) is 3.39. The number of nitrogens with zero attached hydrogens (tertiary/aromatic N) is 3. The molecule has 0 N–H and O–H groups in total. The van der Waals surface area contributed by atoms with Crippen LogP contribution in [0.5, 0.6) is 0 Å². The number of halogens is 1. The summed E-state index contributed by atoms with van der Waals surface area (Å²) in [6, 6.07) is 12.3. The van der Waals surface area contributed by atoms with Gasteiger partial charge in [0.15, 0.2) is 11.5 Å². The molecule has 0 aliphatic rings. The van der Waals surface area contributed by atoms with Gasteiger partial charge in [-0.2, -0.15) is 5.10 Å². The third-order valence-electron chi connectivity index (χ3n) is 2.80. The lowest BCUT2D eigenvalue weighted by Crippen LogP contribution is -1.92. The van der Waals surface area contributed by atoms with E-state index in [1.807, 2.05) is 35.0 Å². The Morgan fingerprint density at radius 3 is 2.67 bits per heavy atom. The molecule has 0 aliphatic carbocycles. The molecule has 3 nitrogen and oxygen atoms in total. The molecule has 2 heterocycles.